The van der Waals surface area contributed by atoms with E-state index < -0.39 is 0 Å². The number of hydrogen-bond donors (Lipinski definition) is 1. The lowest BCUT2D eigenvalue weighted by atomic mass is 9.81. The van der Waals surface area contributed by atoms with Gasteiger partial charge in [0.15, 0.2) is 0 Å². The standard InChI is InChI=1S/C18H27ClN2/c1-15-9-12-20-18(10-5-2-6-11-18)14-21(15)13-16-7-3-4-8-17(16)19/h3-4,7-8,15,20H,2,5-6,9-14H2,1H3. The number of nitrogens with one attached hydrogen (secondary N) is 1. The topological polar surface area (TPSA) is 15.3 Å². The zero-order chi connectivity index (χ0) is 14.7. The van der Waals surface area contributed by atoms with Crippen LogP contribution in [0.5, 0.6) is 0 Å². The molecule has 1 atom stereocenters. The first kappa shape index (κ1) is 15.3. The van der Waals surface area contributed by atoms with Crippen molar-refractivity contribution >= 4 is 11.6 Å². The summed E-state index contributed by atoms with van der Waals surface area (Å²) in [6.07, 6.45) is 8.05. The van der Waals surface area contributed by atoms with Gasteiger partial charge in [0, 0.05) is 29.7 Å². The molecule has 0 bridgehead atoms. The van der Waals surface area contributed by atoms with Crippen LogP contribution >= 0.6 is 11.6 Å². The van der Waals surface area contributed by atoms with E-state index in [1.807, 2.05) is 12.1 Å². The molecule has 0 aromatic heterocycles. The molecule has 1 aromatic carbocycles. The molecule has 21 heavy (non-hydrogen) atoms. The third-order valence-electron chi connectivity index (χ3n) is 5.33. The fourth-order valence-corrected chi connectivity index (χ4v) is 4.15. The molecule has 1 N–H and O–H groups in total. The van der Waals surface area contributed by atoms with Crippen molar-refractivity contribution in [1.82, 2.24) is 10.2 Å². The summed E-state index contributed by atoms with van der Waals surface area (Å²) in [6, 6.07) is 8.91. The van der Waals surface area contributed by atoms with Crippen LogP contribution < -0.4 is 5.32 Å². The molecule has 1 saturated carbocycles. The second kappa shape index (κ2) is 6.68. The largest absolute Gasteiger partial charge is 0.310 e. The quantitative estimate of drug-likeness (QED) is 0.880. The first-order chi connectivity index (χ1) is 10.2. The Bertz CT molecular complexity index is 468. The molecule has 1 saturated heterocycles. The van der Waals surface area contributed by atoms with Crippen LogP contribution in [0.2, 0.25) is 5.02 Å². The van der Waals surface area contributed by atoms with Gasteiger partial charge in [-0.2, -0.15) is 0 Å². The molecule has 2 nitrogen and oxygen atoms in total. The van der Waals surface area contributed by atoms with Crippen molar-refractivity contribution in [3.05, 3.63) is 34.9 Å². The smallest absolute Gasteiger partial charge is 0.0451 e. The van der Waals surface area contributed by atoms with E-state index in [1.165, 1.54) is 50.6 Å². The van der Waals surface area contributed by atoms with Gasteiger partial charge in [0.05, 0.1) is 0 Å². The van der Waals surface area contributed by atoms with E-state index >= 15 is 0 Å². The van der Waals surface area contributed by atoms with Gasteiger partial charge in [0.1, 0.15) is 0 Å². The Morgan fingerprint density at radius 3 is 2.76 bits per heavy atom. The van der Waals surface area contributed by atoms with Crippen molar-refractivity contribution in [3.8, 4) is 0 Å². The van der Waals surface area contributed by atoms with Crippen LogP contribution in [0.3, 0.4) is 0 Å². The Hall–Kier alpha value is -0.570. The highest BCUT2D eigenvalue weighted by molar-refractivity contribution is 6.31. The van der Waals surface area contributed by atoms with E-state index in [-0.39, 0.29) is 0 Å². The van der Waals surface area contributed by atoms with Gasteiger partial charge in [0.2, 0.25) is 0 Å². The highest BCUT2D eigenvalue weighted by Gasteiger charge is 2.36. The molecular weight excluding hydrogens is 280 g/mol. The summed E-state index contributed by atoms with van der Waals surface area (Å²) >= 11 is 6.37. The van der Waals surface area contributed by atoms with Crippen molar-refractivity contribution in [1.29, 1.82) is 0 Å². The molecular formula is C18H27ClN2. The van der Waals surface area contributed by atoms with Crippen molar-refractivity contribution in [3.63, 3.8) is 0 Å². The van der Waals surface area contributed by atoms with Gasteiger partial charge in [-0.05, 0) is 44.4 Å². The summed E-state index contributed by atoms with van der Waals surface area (Å²) in [5, 5.41) is 4.79. The van der Waals surface area contributed by atoms with Crippen molar-refractivity contribution < 1.29 is 0 Å². The molecule has 3 heteroatoms. The lowest BCUT2D eigenvalue weighted by Gasteiger charge is -2.41. The second-order valence-electron chi connectivity index (χ2n) is 6.90. The van der Waals surface area contributed by atoms with Gasteiger partial charge < -0.3 is 5.32 Å². The maximum Gasteiger partial charge on any atom is 0.0451 e. The number of hydrogen-bond acceptors (Lipinski definition) is 2. The maximum absolute atomic E-state index is 6.37. The molecule has 1 aromatic rings. The van der Waals surface area contributed by atoms with E-state index in [0.717, 1.165) is 18.1 Å². The van der Waals surface area contributed by atoms with Crippen LogP contribution in [0.15, 0.2) is 24.3 Å². The molecule has 2 aliphatic rings. The first-order valence-corrected chi connectivity index (χ1v) is 8.79. The minimum absolute atomic E-state index is 0.351. The summed E-state index contributed by atoms with van der Waals surface area (Å²) in [5.41, 5.74) is 1.61. The average Bonchev–Trinajstić information content (AvgIpc) is 2.63. The van der Waals surface area contributed by atoms with E-state index in [1.54, 1.807) is 0 Å². The molecule has 3 rings (SSSR count). The van der Waals surface area contributed by atoms with E-state index in [0.29, 0.717) is 11.6 Å². The molecule has 1 aliphatic heterocycles. The van der Waals surface area contributed by atoms with Crippen molar-refractivity contribution in [2.45, 2.75) is 63.6 Å². The summed E-state index contributed by atoms with van der Waals surface area (Å²) in [7, 11) is 0. The van der Waals surface area contributed by atoms with Crippen molar-refractivity contribution in [2.24, 2.45) is 0 Å². The Kier molecular flexibility index (Phi) is 4.88. The predicted octanol–water partition coefficient (Wildman–Crippen LogP) is 4.23. The highest BCUT2D eigenvalue weighted by atomic mass is 35.5. The van der Waals surface area contributed by atoms with E-state index in [9.17, 15) is 0 Å². The molecule has 1 heterocycles. The Morgan fingerprint density at radius 1 is 1.24 bits per heavy atom. The van der Waals surface area contributed by atoms with Crippen LogP contribution in [0, 0.1) is 0 Å². The zero-order valence-electron chi connectivity index (χ0n) is 13.1. The SMILES string of the molecule is CC1CCNC2(CCCCC2)CN1Cc1ccccc1Cl. The minimum Gasteiger partial charge on any atom is -0.310 e. The Labute approximate surface area is 133 Å². The van der Waals surface area contributed by atoms with Gasteiger partial charge >= 0.3 is 0 Å². The third kappa shape index (κ3) is 3.61. The highest BCUT2D eigenvalue weighted by Crippen LogP contribution is 2.32. The summed E-state index contributed by atoms with van der Waals surface area (Å²) in [5.74, 6) is 0. The molecule has 1 unspecified atom stereocenters. The molecule has 116 valence electrons. The molecule has 1 spiro atoms. The number of halogens is 1. The molecule has 1 aliphatic carbocycles. The van der Waals surface area contributed by atoms with Gasteiger partial charge in [-0.1, -0.05) is 49.1 Å². The number of benzene rings is 1. The summed E-state index contributed by atoms with van der Waals surface area (Å²) in [6.45, 7) is 5.66. The normalized spacial score (nSPS) is 26.7. The predicted molar refractivity (Wildman–Crippen MR) is 89.8 cm³/mol. The molecule has 0 amide bonds. The Morgan fingerprint density at radius 2 is 2.00 bits per heavy atom. The van der Waals surface area contributed by atoms with Crippen LogP contribution in [0.25, 0.3) is 0 Å². The van der Waals surface area contributed by atoms with Crippen LogP contribution in [0.4, 0.5) is 0 Å². The van der Waals surface area contributed by atoms with E-state index in [2.05, 4.69) is 29.3 Å². The van der Waals surface area contributed by atoms with Gasteiger partial charge in [-0.3, -0.25) is 4.90 Å². The fraction of sp³-hybridized carbons (Fsp3) is 0.667. The van der Waals surface area contributed by atoms with Gasteiger partial charge in [-0.25, -0.2) is 0 Å². The summed E-state index contributed by atoms with van der Waals surface area (Å²) in [4.78, 5) is 2.65. The average molecular weight is 307 g/mol. The van der Waals surface area contributed by atoms with Gasteiger partial charge in [0.25, 0.3) is 0 Å². The maximum atomic E-state index is 6.37. The van der Waals surface area contributed by atoms with E-state index in [4.69, 9.17) is 11.6 Å². The monoisotopic (exact) mass is 306 g/mol. The fourth-order valence-electron chi connectivity index (χ4n) is 3.95. The lowest BCUT2D eigenvalue weighted by Crippen LogP contribution is -2.53. The van der Waals surface area contributed by atoms with Crippen LogP contribution in [0.1, 0.15) is 51.0 Å². The molecule has 0 radical (unpaired) electrons. The molecule has 2 fully saturated rings. The second-order valence-corrected chi connectivity index (χ2v) is 7.31. The first-order valence-electron chi connectivity index (χ1n) is 8.41. The zero-order valence-corrected chi connectivity index (χ0v) is 13.8. The minimum atomic E-state index is 0.351. The number of rotatable bonds is 2. The third-order valence-corrected chi connectivity index (χ3v) is 5.70. The lowest BCUT2D eigenvalue weighted by molar-refractivity contribution is 0.131. The summed E-state index contributed by atoms with van der Waals surface area (Å²) < 4.78 is 0. The van der Waals surface area contributed by atoms with Crippen molar-refractivity contribution in [2.75, 3.05) is 13.1 Å². The van der Waals surface area contributed by atoms with Gasteiger partial charge in [-0.15, -0.1) is 0 Å². The Balaban J connectivity index is 1.76. The number of nitrogens with zero attached hydrogens (tertiary/aromatic N) is 1. The van der Waals surface area contributed by atoms with Crippen LogP contribution in [-0.2, 0) is 6.54 Å². The van der Waals surface area contributed by atoms with Crippen LogP contribution in [-0.4, -0.2) is 29.6 Å².